The minimum absolute atomic E-state index is 0.264. The van der Waals surface area contributed by atoms with Crippen LogP contribution in [-0.2, 0) is 9.59 Å². The third-order valence-corrected chi connectivity index (χ3v) is 3.46. The molecule has 0 bridgehead atoms. The molecule has 0 aliphatic heterocycles. The number of aromatic nitrogens is 2. The standard InChI is InChI=1S/C18H17N5O3/c1-10(24)19-13-7-12(8-14(9-13)20-11(2)25)17(26)23-18-21-15-5-3-4-6-16(15)22-18/h3-9H,1-2H3,(H,19,24)(H,20,25)(H2,21,22,23,26). The molecule has 0 aliphatic carbocycles. The van der Waals surface area contributed by atoms with Gasteiger partial charge < -0.3 is 15.6 Å². The fourth-order valence-corrected chi connectivity index (χ4v) is 2.50. The fourth-order valence-electron chi connectivity index (χ4n) is 2.50. The molecule has 0 aliphatic rings. The molecule has 26 heavy (non-hydrogen) atoms. The molecule has 0 fully saturated rings. The summed E-state index contributed by atoms with van der Waals surface area (Å²) >= 11 is 0. The van der Waals surface area contributed by atoms with E-state index in [9.17, 15) is 14.4 Å². The largest absolute Gasteiger partial charge is 0.326 e. The van der Waals surface area contributed by atoms with E-state index in [0.717, 1.165) is 11.0 Å². The number of para-hydroxylation sites is 2. The van der Waals surface area contributed by atoms with Crippen molar-refractivity contribution in [2.45, 2.75) is 13.8 Å². The van der Waals surface area contributed by atoms with Crippen LogP contribution in [0.2, 0.25) is 0 Å². The zero-order valence-electron chi connectivity index (χ0n) is 14.2. The second-order valence-corrected chi connectivity index (χ2v) is 5.72. The van der Waals surface area contributed by atoms with Crippen LogP contribution < -0.4 is 16.0 Å². The molecule has 1 aromatic heterocycles. The van der Waals surface area contributed by atoms with Gasteiger partial charge in [0, 0.05) is 30.8 Å². The maximum absolute atomic E-state index is 12.6. The van der Waals surface area contributed by atoms with E-state index in [1.165, 1.54) is 26.0 Å². The highest BCUT2D eigenvalue weighted by Crippen LogP contribution is 2.21. The minimum atomic E-state index is -0.428. The summed E-state index contributed by atoms with van der Waals surface area (Å²) in [5.41, 5.74) is 2.60. The summed E-state index contributed by atoms with van der Waals surface area (Å²) in [7, 11) is 0. The number of H-pyrrole nitrogens is 1. The molecular formula is C18H17N5O3. The molecule has 4 N–H and O–H groups in total. The first-order chi connectivity index (χ1) is 12.4. The van der Waals surface area contributed by atoms with Gasteiger partial charge in [0.2, 0.25) is 17.8 Å². The van der Waals surface area contributed by atoms with Crippen LogP contribution in [0.5, 0.6) is 0 Å². The molecule has 132 valence electrons. The number of imidazole rings is 1. The van der Waals surface area contributed by atoms with Gasteiger partial charge in [-0.1, -0.05) is 12.1 Å². The monoisotopic (exact) mass is 351 g/mol. The molecule has 3 amide bonds. The fraction of sp³-hybridized carbons (Fsp3) is 0.111. The van der Waals surface area contributed by atoms with Crippen molar-refractivity contribution in [2.24, 2.45) is 0 Å². The molecule has 1 heterocycles. The number of nitrogens with one attached hydrogen (secondary N) is 4. The minimum Gasteiger partial charge on any atom is -0.326 e. The van der Waals surface area contributed by atoms with E-state index in [-0.39, 0.29) is 17.4 Å². The summed E-state index contributed by atoms with van der Waals surface area (Å²) in [6, 6.07) is 12.0. The van der Waals surface area contributed by atoms with Crippen LogP contribution in [0.15, 0.2) is 42.5 Å². The van der Waals surface area contributed by atoms with E-state index in [2.05, 4.69) is 25.9 Å². The molecule has 0 saturated heterocycles. The number of anilines is 3. The van der Waals surface area contributed by atoms with Crippen LogP contribution >= 0.6 is 0 Å². The summed E-state index contributed by atoms with van der Waals surface area (Å²) in [6.45, 7) is 2.72. The summed E-state index contributed by atoms with van der Waals surface area (Å²) in [5, 5.41) is 7.89. The molecule has 3 rings (SSSR count). The second kappa shape index (κ2) is 7.06. The van der Waals surface area contributed by atoms with Crippen molar-refractivity contribution in [3.63, 3.8) is 0 Å². The summed E-state index contributed by atoms with van der Waals surface area (Å²) in [5.74, 6) is -0.688. The molecule has 3 aromatic rings. The van der Waals surface area contributed by atoms with Gasteiger partial charge in [-0.3, -0.25) is 19.7 Å². The van der Waals surface area contributed by atoms with Crippen molar-refractivity contribution in [1.29, 1.82) is 0 Å². The molecule has 0 saturated carbocycles. The van der Waals surface area contributed by atoms with Crippen molar-refractivity contribution >= 4 is 46.1 Å². The number of hydrogen-bond donors (Lipinski definition) is 4. The van der Waals surface area contributed by atoms with Crippen molar-refractivity contribution in [3.8, 4) is 0 Å². The Balaban J connectivity index is 1.88. The third-order valence-electron chi connectivity index (χ3n) is 3.46. The highest BCUT2D eigenvalue weighted by Gasteiger charge is 2.13. The van der Waals surface area contributed by atoms with Gasteiger partial charge in [-0.25, -0.2) is 4.98 Å². The lowest BCUT2D eigenvalue weighted by atomic mass is 10.1. The number of fused-ring (bicyclic) bond motifs is 1. The smallest absolute Gasteiger partial charge is 0.258 e. The van der Waals surface area contributed by atoms with Crippen molar-refractivity contribution < 1.29 is 14.4 Å². The number of rotatable bonds is 4. The van der Waals surface area contributed by atoms with Gasteiger partial charge in [-0.15, -0.1) is 0 Å². The highest BCUT2D eigenvalue weighted by atomic mass is 16.2. The molecule has 8 heteroatoms. The van der Waals surface area contributed by atoms with Crippen LogP contribution in [0.1, 0.15) is 24.2 Å². The predicted octanol–water partition coefficient (Wildman–Crippen LogP) is 2.73. The van der Waals surface area contributed by atoms with E-state index in [0.29, 0.717) is 17.3 Å². The molecule has 2 aromatic carbocycles. The molecule has 0 spiro atoms. The van der Waals surface area contributed by atoms with E-state index >= 15 is 0 Å². The van der Waals surface area contributed by atoms with E-state index < -0.39 is 5.91 Å². The van der Waals surface area contributed by atoms with Crippen molar-refractivity contribution in [2.75, 3.05) is 16.0 Å². The third kappa shape index (κ3) is 4.04. The van der Waals surface area contributed by atoms with E-state index in [1.807, 2.05) is 24.3 Å². The second-order valence-electron chi connectivity index (χ2n) is 5.72. The lowest BCUT2D eigenvalue weighted by molar-refractivity contribution is -0.115. The molecular weight excluding hydrogens is 334 g/mol. The Labute approximate surface area is 149 Å². The number of aromatic amines is 1. The quantitative estimate of drug-likeness (QED) is 0.578. The Morgan fingerprint density at radius 3 is 2.08 bits per heavy atom. The van der Waals surface area contributed by atoms with E-state index in [4.69, 9.17) is 0 Å². The average Bonchev–Trinajstić information content (AvgIpc) is 2.95. The predicted molar refractivity (Wildman–Crippen MR) is 99.1 cm³/mol. The first-order valence-electron chi connectivity index (χ1n) is 7.87. The van der Waals surface area contributed by atoms with Crippen LogP contribution in [0.25, 0.3) is 11.0 Å². The van der Waals surface area contributed by atoms with Crippen LogP contribution in [0, 0.1) is 0 Å². The lowest BCUT2D eigenvalue weighted by Gasteiger charge is -2.10. The van der Waals surface area contributed by atoms with Gasteiger partial charge in [0.25, 0.3) is 5.91 Å². The lowest BCUT2D eigenvalue weighted by Crippen LogP contribution is -2.15. The van der Waals surface area contributed by atoms with Gasteiger partial charge in [0.15, 0.2) is 0 Å². The SMILES string of the molecule is CC(=O)Nc1cc(NC(C)=O)cc(C(=O)Nc2nc3ccccc3[nH]2)c1. The summed E-state index contributed by atoms with van der Waals surface area (Å²) in [6.07, 6.45) is 0. The molecule has 8 nitrogen and oxygen atoms in total. The summed E-state index contributed by atoms with van der Waals surface area (Å²) in [4.78, 5) is 42.5. The average molecular weight is 351 g/mol. The molecule has 0 atom stereocenters. The Morgan fingerprint density at radius 2 is 1.50 bits per heavy atom. The number of nitrogens with zero attached hydrogens (tertiary/aromatic N) is 1. The Hall–Kier alpha value is -3.68. The Kier molecular flexibility index (Phi) is 4.66. The van der Waals surface area contributed by atoms with Crippen LogP contribution in [-0.4, -0.2) is 27.7 Å². The van der Waals surface area contributed by atoms with Gasteiger partial charge in [0.05, 0.1) is 11.0 Å². The Bertz CT molecular complexity index is 942. The van der Waals surface area contributed by atoms with Gasteiger partial charge in [-0.05, 0) is 30.3 Å². The topological polar surface area (TPSA) is 116 Å². The Morgan fingerprint density at radius 1 is 0.885 bits per heavy atom. The van der Waals surface area contributed by atoms with Crippen LogP contribution in [0.4, 0.5) is 17.3 Å². The number of amides is 3. The first kappa shape index (κ1) is 17.2. The van der Waals surface area contributed by atoms with Gasteiger partial charge in [0.1, 0.15) is 0 Å². The van der Waals surface area contributed by atoms with Crippen molar-refractivity contribution in [1.82, 2.24) is 9.97 Å². The zero-order valence-corrected chi connectivity index (χ0v) is 14.2. The number of hydrogen-bond acceptors (Lipinski definition) is 4. The van der Waals surface area contributed by atoms with Crippen LogP contribution in [0.3, 0.4) is 0 Å². The number of carbonyl (C=O) groups excluding carboxylic acids is 3. The highest BCUT2D eigenvalue weighted by molar-refractivity contribution is 6.06. The number of benzene rings is 2. The maximum atomic E-state index is 12.6. The van der Waals surface area contributed by atoms with Gasteiger partial charge >= 0.3 is 0 Å². The maximum Gasteiger partial charge on any atom is 0.258 e. The molecule has 0 unspecified atom stereocenters. The first-order valence-corrected chi connectivity index (χ1v) is 7.87. The summed E-state index contributed by atoms with van der Waals surface area (Å²) < 4.78 is 0. The molecule has 0 radical (unpaired) electrons. The number of carbonyl (C=O) groups is 3. The zero-order chi connectivity index (χ0) is 18.7. The van der Waals surface area contributed by atoms with Gasteiger partial charge in [-0.2, -0.15) is 0 Å². The van der Waals surface area contributed by atoms with Crippen molar-refractivity contribution in [3.05, 3.63) is 48.0 Å². The van der Waals surface area contributed by atoms with E-state index in [1.54, 1.807) is 6.07 Å². The normalized spacial score (nSPS) is 10.4.